The van der Waals surface area contributed by atoms with Crippen LogP contribution in [0.2, 0.25) is 0 Å². The summed E-state index contributed by atoms with van der Waals surface area (Å²) in [6.07, 6.45) is 7.91. The molecule has 1 aliphatic heterocycles. The fourth-order valence-electron chi connectivity index (χ4n) is 2.79. The maximum atomic E-state index is 5.92. The summed E-state index contributed by atoms with van der Waals surface area (Å²) in [6, 6.07) is 0.446. The second-order valence-electron chi connectivity index (χ2n) is 4.86. The Hall–Kier alpha value is -0.870. The van der Waals surface area contributed by atoms with E-state index in [1.165, 1.54) is 24.8 Å². The van der Waals surface area contributed by atoms with Gasteiger partial charge in [0.2, 0.25) is 0 Å². The first-order chi connectivity index (χ1) is 7.72. The van der Waals surface area contributed by atoms with E-state index in [4.69, 9.17) is 5.73 Å². The van der Waals surface area contributed by atoms with Gasteiger partial charge in [0, 0.05) is 24.8 Å². The third-order valence-corrected chi connectivity index (χ3v) is 3.63. The van der Waals surface area contributed by atoms with Crippen LogP contribution in [0.1, 0.15) is 30.9 Å². The number of nitrogens with two attached hydrogens (primary N) is 1. The summed E-state index contributed by atoms with van der Waals surface area (Å²) in [5.74, 6) is 0.566. The van der Waals surface area contributed by atoms with Gasteiger partial charge in [-0.25, -0.2) is 0 Å². The molecule has 2 N–H and O–H groups in total. The Balaban J connectivity index is 2.25. The summed E-state index contributed by atoms with van der Waals surface area (Å²) in [7, 11) is 4.17. The SMILES string of the molecule is CN1CCCCC(CN)C1c1cnn(C)c1. The van der Waals surface area contributed by atoms with Crippen LogP contribution in [-0.4, -0.2) is 34.8 Å². The molecule has 2 rings (SSSR count). The molecular weight excluding hydrogens is 200 g/mol. The highest BCUT2D eigenvalue weighted by Gasteiger charge is 2.28. The van der Waals surface area contributed by atoms with Crippen molar-refractivity contribution in [3.63, 3.8) is 0 Å². The first kappa shape index (κ1) is 11.6. The molecule has 0 bridgehead atoms. The Labute approximate surface area is 97.4 Å². The van der Waals surface area contributed by atoms with Crippen molar-refractivity contribution >= 4 is 0 Å². The molecule has 0 aliphatic carbocycles. The topological polar surface area (TPSA) is 47.1 Å². The molecule has 2 heterocycles. The standard InChI is InChI=1S/C12H22N4/c1-15-6-4-3-5-10(7-13)12(15)11-8-14-16(2)9-11/h8-10,12H,3-7,13H2,1-2H3. The van der Waals surface area contributed by atoms with Gasteiger partial charge in [0.25, 0.3) is 0 Å². The highest BCUT2D eigenvalue weighted by atomic mass is 15.2. The zero-order chi connectivity index (χ0) is 11.5. The predicted molar refractivity (Wildman–Crippen MR) is 65.0 cm³/mol. The highest BCUT2D eigenvalue weighted by molar-refractivity contribution is 5.12. The summed E-state index contributed by atoms with van der Waals surface area (Å²) < 4.78 is 1.88. The third kappa shape index (κ3) is 2.28. The van der Waals surface area contributed by atoms with Crippen LogP contribution in [0.4, 0.5) is 0 Å². The second-order valence-corrected chi connectivity index (χ2v) is 4.86. The lowest BCUT2D eigenvalue weighted by atomic mass is 9.91. The first-order valence-corrected chi connectivity index (χ1v) is 6.11. The Morgan fingerprint density at radius 3 is 2.88 bits per heavy atom. The van der Waals surface area contributed by atoms with E-state index in [2.05, 4.69) is 23.2 Å². The molecule has 0 aromatic carbocycles. The highest BCUT2D eigenvalue weighted by Crippen LogP contribution is 2.33. The lowest BCUT2D eigenvalue weighted by Crippen LogP contribution is -2.32. The van der Waals surface area contributed by atoms with Crippen LogP contribution in [-0.2, 0) is 7.05 Å². The fraction of sp³-hybridized carbons (Fsp3) is 0.750. The van der Waals surface area contributed by atoms with Gasteiger partial charge in [-0.1, -0.05) is 6.42 Å². The van der Waals surface area contributed by atoms with Crippen molar-refractivity contribution in [2.75, 3.05) is 20.1 Å². The minimum absolute atomic E-state index is 0.446. The molecule has 1 saturated heterocycles. The number of hydrogen-bond donors (Lipinski definition) is 1. The Morgan fingerprint density at radius 2 is 2.25 bits per heavy atom. The van der Waals surface area contributed by atoms with Crippen molar-refractivity contribution in [3.8, 4) is 0 Å². The largest absolute Gasteiger partial charge is 0.330 e. The molecule has 4 nitrogen and oxygen atoms in total. The average molecular weight is 222 g/mol. The maximum absolute atomic E-state index is 5.92. The summed E-state index contributed by atoms with van der Waals surface area (Å²) in [5.41, 5.74) is 7.22. The molecular formula is C12H22N4. The van der Waals surface area contributed by atoms with Crippen LogP contribution in [0.5, 0.6) is 0 Å². The molecule has 1 aromatic rings. The molecule has 90 valence electrons. The number of aryl methyl sites for hydroxylation is 1. The van der Waals surface area contributed by atoms with Gasteiger partial charge in [0.1, 0.15) is 0 Å². The van der Waals surface area contributed by atoms with Crippen molar-refractivity contribution in [2.45, 2.75) is 25.3 Å². The summed E-state index contributed by atoms with van der Waals surface area (Å²) >= 11 is 0. The van der Waals surface area contributed by atoms with Gasteiger partial charge in [-0.2, -0.15) is 5.10 Å². The minimum Gasteiger partial charge on any atom is -0.330 e. The van der Waals surface area contributed by atoms with Gasteiger partial charge >= 0.3 is 0 Å². The van der Waals surface area contributed by atoms with Crippen LogP contribution < -0.4 is 5.73 Å². The Kier molecular flexibility index (Phi) is 3.61. The van der Waals surface area contributed by atoms with Crippen molar-refractivity contribution in [1.82, 2.24) is 14.7 Å². The number of nitrogens with zero attached hydrogens (tertiary/aromatic N) is 3. The molecule has 0 amide bonds. The van der Waals surface area contributed by atoms with Gasteiger partial charge in [0.15, 0.2) is 0 Å². The average Bonchev–Trinajstić information content (AvgIpc) is 2.59. The number of aromatic nitrogens is 2. The van der Waals surface area contributed by atoms with Crippen LogP contribution in [0.25, 0.3) is 0 Å². The molecule has 1 aliphatic rings. The monoisotopic (exact) mass is 222 g/mol. The van der Waals surface area contributed by atoms with Crippen molar-refractivity contribution in [1.29, 1.82) is 0 Å². The summed E-state index contributed by atoms with van der Waals surface area (Å²) in [6.45, 7) is 1.93. The maximum Gasteiger partial charge on any atom is 0.0537 e. The third-order valence-electron chi connectivity index (χ3n) is 3.63. The van der Waals surface area contributed by atoms with Gasteiger partial charge in [-0.3, -0.25) is 9.58 Å². The van der Waals surface area contributed by atoms with Crippen LogP contribution in [0.15, 0.2) is 12.4 Å². The molecule has 4 heteroatoms. The van der Waals surface area contributed by atoms with Crippen LogP contribution in [0, 0.1) is 5.92 Å². The second kappa shape index (κ2) is 4.97. The quantitative estimate of drug-likeness (QED) is 0.816. The molecule has 2 atom stereocenters. The first-order valence-electron chi connectivity index (χ1n) is 6.11. The van der Waals surface area contributed by atoms with E-state index in [0.717, 1.165) is 13.1 Å². The zero-order valence-electron chi connectivity index (χ0n) is 10.3. The Bertz CT molecular complexity index is 334. The molecule has 16 heavy (non-hydrogen) atoms. The number of hydrogen-bond acceptors (Lipinski definition) is 3. The van der Waals surface area contributed by atoms with Crippen molar-refractivity contribution in [2.24, 2.45) is 18.7 Å². The van der Waals surface area contributed by atoms with Gasteiger partial charge in [0.05, 0.1) is 6.20 Å². The molecule has 2 unspecified atom stereocenters. The zero-order valence-corrected chi connectivity index (χ0v) is 10.3. The van der Waals surface area contributed by atoms with Gasteiger partial charge in [-0.15, -0.1) is 0 Å². The Morgan fingerprint density at radius 1 is 1.44 bits per heavy atom. The van der Waals surface area contributed by atoms with Gasteiger partial charge in [-0.05, 0) is 38.9 Å². The molecule has 1 aromatic heterocycles. The predicted octanol–water partition coefficient (Wildman–Crippen LogP) is 1.15. The van der Waals surface area contributed by atoms with E-state index in [0.29, 0.717) is 12.0 Å². The smallest absolute Gasteiger partial charge is 0.0537 e. The van der Waals surface area contributed by atoms with E-state index in [1.54, 1.807) is 0 Å². The van der Waals surface area contributed by atoms with Crippen molar-refractivity contribution < 1.29 is 0 Å². The molecule has 0 spiro atoms. The lowest BCUT2D eigenvalue weighted by molar-refractivity contribution is 0.196. The lowest BCUT2D eigenvalue weighted by Gasteiger charge is -2.30. The fourth-order valence-corrected chi connectivity index (χ4v) is 2.79. The molecule has 1 fully saturated rings. The van der Waals surface area contributed by atoms with E-state index in [9.17, 15) is 0 Å². The molecule has 0 radical (unpaired) electrons. The van der Waals surface area contributed by atoms with E-state index >= 15 is 0 Å². The number of likely N-dealkylation sites (tertiary alicyclic amines) is 1. The van der Waals surface area contributed by atoms with Crippen LogP contribution >= 0.6 is 0 Å². The van der Waals surface area contributed by atoms with Crippen molar-refractivity contribution in [3.05, 3.63) is 18.0 Å². The normalized spacial score (nSPS) is 27.9. The van der Waals surface area contributed by atoms with Gasteiger partial charge < -0.3 is 5.73 Å². The summed E-state index contributed by atoms with van der Waals surface area (Å²) in [5, 5.41) is 4.27. The van der Waals surface area contributed by atoms with E-state index < -0.39 is 0 Å². The summed E-state index contributed by atoms with van der Waals surface area (Å²) in [4.78, 5) is 2.43. The van der Waals surface area contributed by atoms with E-state index in [1.807, 2.05) is 17.9 Å². The molecule has 0 saturated carbocycles. The minimum atomic E-state index is 0.446. The van der Waals surface area contributed by atoms with Crippen LogP contribution in [0.3, 0.4) is 0 Å². The van der Waals surface area contributed by atoms with E-state index in [-0.39, 0.29) is 0 Å². The number of rotatable bonds is 2.